The van der Waals surface area contributed by atoms with Crippen molar-refractivity contribution in [1.82, 2.24) is 0 Å². The SMILES string of the molecule is CCCC(N)C1(C23CC4CC(CC(C4)C2)C3)CC1. The first-order chi connectivity index (χ1) is 8.67. The fraction of sp³-hybridized carbons (Fsp3) is 1.00. The van der Waals surface area contributed by atoms with Gasteiger partial charge in [-0.1, -0.05) is 13.3 Å². The first-order valence-electron chi connectivity index (χ1n) is 8.43. The Morgan fingerprint density at radius 3 is 1.89 bits per heavy atom. The van der Waals surface area contributed by atoms with Gasteiger partial charge in [-0.15, -0.1) is 0 Å². The van der Waals surface area contributed by atoms with Crippen molar-refractivity contribution in [3.63, 3.8) is 0 Å². The van der Waals surface area contributed by atoms with Crippen LogP contribution in [0.15, 0.2) is 0 Å². The van der Waals surface area contributed by atoms with Gasteiger partial charge in [-0.25, -0.2) is 0 Å². The first-order valence-corrected chi connectivity index (χ1v) is 8.43. The molecule has 1 atom stereocenters. The zero-order valence-electron chi connectivity index (χ0n) is 12.0. The van der Waals surface area contributed by atoms with Crippen LogP contribution in [0.2, 0.25) is 0 Å². The lowest BCUT2D eigenvalue weighted by Gasteiger charge is -2.61. The summed E-state index contributed by atoms with van der Waals surface area (Å²) in [5.41, 5.74) is 7.95. The van der Waals surface area contributed by atoms with Crippen molar-refractivity contribution in [1.29, 1.82) is 0 Å². The number of hydrogen-bond donors (Lipinski definition) is 1. The maximum Gasteiger partial charge on any atom is 0.0101 e. The molecule has 0 aromatic carbocycles. The molecule has 0 aliphatic heterocycles. The Labute approximate surface area is 112 Å². The van der Waals surface area contributed by atoms with Crippen LogP contribution in [0.25, 0.3) is 0 Å². The molecule has 0 radical (unpaired) electrons. The number of hydrogen-bond acceptors (Lipinski definition) is 1. The van der Waals surface area contributed by atoms with Gasteiger partial charge in [-0.3, -0.25) is 0 Å². The number of nitrogens with two attached hydrogens (primary N) is 1. The van der Waals surface area contributed by atoms with Crippen molar-refractivity contribution in [3.8, 4) is 0 Å². The van der Waals surface area contributed by atoms with E-state index in [1.165, 1.54) is 25.7 Å². The lowest BCUT2D eigenvalue weighted by atomic mass is 9.44. The van der Waals surface area contributed by atoms with Crippen LogP contribution in [0, 0.1) is 28.6 Å². The molecule has 0 spiro atoms. The molecule has 0 saturated heterocycles. The smallest absolute Gasteiger partial charge is 0.0101 e. The second-order valence-corrected chi connectivity index (χ2v) is 8.25. The van der Waals surface area contributed by atoms with Crippen LogP contribution >= 0.6 is 0 Å². The summed E-state index contributed by atoms with van der Waals surface area (Å²) in [6, 6.07) is 0.513. The van der Waals surface area contributed by atoms with Gasteiger partial charge in [0.15, 0.2) is 0 Å². The molecular formula is C17H29N. The molecule has 5 rings (SSSR count). The summed E-state index contributed by atoms with van der Waals surface area (Å²) >= 11 is 0. The fourth-order valence-corrected chi connectivity index (χ4v) is 6.74. The van der Waals surface area contributed by atoms with Gasteiger partial charge in [0.05, 0.1) is 0 Å². The van der Waals surface area contributed by atoms with Gasteiger partial charge in [-0.2, -0.15) is 0 Å². The predicted molar refractivity (Wildman–Crippen MR) is 75.2 cm³/mol. The molecule has 1 unspecified atom stereocenters. The van der Waals surface area contributed by atoms with Crippen molar-refractivity contribution >= 4 is 0 Å². The van der Waals surface area contributed by atoms with E-state index in [1.807, 2.05) is 0 Å². The van der Waals surface area contributed by atoms with Crippen LogP contribution in [-0.4, -0.2) is 6.04 Å². The molecule has 1 nitrogen and oxygen atoms in total. The third kappa shape index (κ3) is 1.43. The molecule has 0 heterocycles. The van der Waals surface area contributed by atoms with Gasteiger partial charge in [0, 0.05) is 6.04 Å². The van der Waals surface area contributed by atoms with Gasteiger partial charge >= 0.3 is 0 Å². The van der Waals surface area contributed by atoms with Crippen LogP contribution in [0.5, 0.6) is 0 Å². The normalized spacial score (nSPS) is 49.3. The van der Waals surface area contributed by atoms with Crippen molar-refractivity contribution in [2.45, 2.75) is 77.2 Å². The van der Waals surface area contributed by atoms with Crippen LogP contribution in [0.1, 0.15) is 71.1 Å². The van der Waals surface area contributed by atoms with Crippen LogP contribution < -0.4 is 5.73 Å². The molecule has 0 aromatic rings. The quantitative estimate of drug-likeness (QED) is 0.795. The van der Waals surface area contributed by atoms with E-state index < -0.39 is 0 Å². The molecule has 2 N–H and O–H groups in total. The molecule has 18 heavy (non-hydrogen) atoms. The minimum absolute atomic E-state index is 0.513. The summed E-state index contributed by atoms with van der Waals surface area (Å²) in [7, 11) is 0. The molecule has 0 amide bonds. The Morgan fingerprint density at radius 1 is 1.00 bits per heavy atom. The largest absolute Gasteiger partial charge is 0.327 e. The Kier molecular flexibility index (Phi) is 2.45. The van der Waals surface area contributed by atoms with E-state index in [4.69, 9.17) is 5.73 Å². The van der Waals surface area contributed by atoms with Crippen molar-refractivity contribution in [2.24, 2.45) is 34.3 Å². The Bertz CT molecular complexity index is 306. The Balaban J connectivity index is 1.63. The van der Waals surface area contributed by atoms with Crippen LogP contribution in [0.4, 0.5) is 0 Å². The second-order valence-electron chi connectivity index (χ2n) is 8.25. The summed E-state index contributed by atoms with van der Waals surface area (Å²) in [6.07, 6.45) is 14.8. The van der Waals surface area contributed by atoms with E-state index in [0.29, 0.717) is 16.9 Å². The van der Waals surface area contributed by atoms with Crippen molar-refractivity contribution in [3.05, 3.63) is 0 Å². The van der Waals surface area contributed by atoms with Crippen molar-refractivity contribution < 1.29 is 0 Å². The van der Waals surface area contributed by atoms with E-state index in [9.17, 15) is 0 Å². The average molecular weight is 247 g/mol. The fourth-order valence-electron chi connectivity index (χ4n) is 6.74. The number of rotatable bonds is 4. The lowest BCUT2D eigenvalue weighted by Crippen LogP contribution is -2.55. The highest BCUT2D eigenvalue weighted by molar-refractivity contribution is 5.17. The third-order valence-corrected chi connectivity index (χ3v) is 7.19. The molecule has 4 bridgehead atoms. The maximum atomic E-state index is 6.65. The molecule has 1 heteroatoms. The summed E-state index contributed by atoms with van der Waals surface area (Å²) < 4.78 is 0. The molecule has 5 aliphatic carbocycles. The molecule has 5 fully saturated rings. The van der Waals surface area contributed by atoms with E-state index in [0.717, 1.165) is 17.8 Å². The predicted octanol–water partition coefficient (Wildman–Crippen LogP) is 4.11. The van der Waals surface area contributed by atoms with Gasteiger partial charge in [-0.05, 0) is 86.4 Å². The second kappa shape index (κ2) is 3.75. The van der Waals surface area contributed by atoms with Gasteiger partial charge in [0.1, 0.15) is 0 Å². The molecular weight excluding hydrogens is 218 g/mol. The summed E-state index contributed by atoms with van der Waals surface area (Å²) in [5.74, 6) is 3.26. The van der Waals surface area contributed by atoms with Crippen molar-refractivity contribution in [2.75, 3.05) is 0 Å². The molecule has 5 saturated carbocycles. The van der Waals surface area contributed by atoms with E-state index in [-0.39, 0.29) is 0 Å². The van der Waals surface area contributed by atoms with Crippen LogP contribution in [0.3, 0.4) is 0 Å². The molecule has 0 aromatic heterocycles. The topological polar surface area (TPSA) is 26.0 Å². The van der Waals surface area contributed by atoms with Gasteiger partial charge < -0.3 is 5.73 Å². The van der Waals surface area contributed by atoms with E-state index >= 15 is 0 Å². The van der Waals surface area contributed by atoms with Gasteiger partial charge in [0.2, 0.25) is 0 Å². The minimum atomic E-state index is 0.513. The first kappa shape index (κ1) is 11.8. The van der Waals surface area contributed by atoms with E-state index in [2.05, 4.69) is 6.92 Å². The molecule has 5 aliphatic rings. The monoisotopic (exact) mass is 247 g/mol. The highest BCUT2D eigenvalue weighted by Gasteiger charge is 2.66. The third-order valence-electron chi connectivity index (χ3n) is 7.19. The highest BCUT2D eigenvalue weighted by atomic mass is 14.8. The zero-order chi connectivity index (χ0) is 12.4. The highest BCUT2D eigenvalue weighted by Crippen LogP contribution is 2.74. The Hall–Kier alpha value is -0.0400. The maximum absolute atomic E-state index is 6.65. The zero-order valence-corrected chi connectivity index (χ0v) is 12.0. The van der Waals surface area contributed by atoms with Gasteiger partial charge in [0.25, 0.3) is 0 Å². The summed E-state index contributed by atoms with van der Waals surface area (Å²) in [5, 5.41) is 0. The summed E-state index contributed by atoms with van der Waals surface area (Å²) in [4.78, 5) is 0. The molecule has 102 valence electrons. The minimum Gasteiger partial charge on any atom is -0.327 e. The van der Waals surface area contributed by atoms with Crippen LogP contribution in [-0.2, 0) is 0 Å². The standard InChI is InChI=1S/C17H29N/c1-2-3-15(18)17(4-5-17)16-9-12-6-13(10-16)8-14(7-12)11-16/h12-15H,2-11,18H2,1H3. The summed E-state index contributed by atoms with van der Waals surface area (Å²) in [6.45, 7) is 2.30. The average Bonchev–Trinajstić information content (AvgIpc) is 3.08. The van der Waals surface area contributed by atoms with E-state index in [1.54, 1.807) is 38.5 Å². The lowest BCUT2D eigenvalue weighted by molar-refractivity contribution is -0.104. The Morgan fingerprint density at radius 2 is 1.50 bits per heavy atom.